The molecule has 3 aromatic heterocycles. The smallest absolute Gasteiger partial charge is 0.164 e. The fourth-order valence-corrected chi connectivity index (χ4v) is 8.92. The van der Waals surface area contributed by atoms with Crippen LogP contribution in [0.15, 0.2) is 223 Å². The molecule has 0 amide bonds. The molecule has 0 saturated heterocycles. The fourth-order valence-electron chi connectivity index (χ4n) is 8.92. The van der Waals surface area contributed by atoms with Gasteiger partial charge >= 0.3 is 0 Å². The Labute approximate surface area is 357 Å². The third-order valence-electron chi connectivity index (χ3n) is 11.9. The molecule has 12 rings (SSSR count). The van der Waals surface area contributed by atoms with Gasteiger partial charge in [0.1, 0.15) is 11.2 Å². The lowest BCUT2D eigenvalue weighted by atomic mass is 9.95. The van der Waals surface area contributed by atoms with E-state index < -0.39 is 0 Å². The van der Waals surface area contributed by atoms with Gasteiger partial charge in [0, 0.05) is 49.5 Å². The highest BCUT2D eigenvalue weighted by Crippen LogP contribution is 2.41. The van der Waals surface area contributed by atoms with Gasteiger partial charge in [0.05, 0.1) is 11.0 Å². The molecule has 0 aliphatic carbocycles. The first kappa shape index (κ1) is 35.5. The van der Waals surface area contributed by atoms with Gasteiger partial charge in [0.25, 0.3) is 0 Å². The quantitative estimate of drug-likeness (QED) is 0.161. The molecule has 9 aromatic carbocycles. The Bertz CT molecular complexity index is 3570. The molecular formula is C57H36N4O. The maximum atomic E-state index is 6.54. The summed E-state index contributed by atoms with van der Waals surface area (Å²) in [6, 6.07) is 76.4. The van der Waals surface area contributed by atoms with Crippen molar-refractivity contribution in [1.82, 2.24) is 19.5 Å². The third-order valence-corrected chi connectivity index (χ3v) is 11.9. The van der Waals surface area contributed by atoms with Gasteiger partial charge in [0.15, 0.2) is 17.5 Å². The molecule has 0 unspecified atom stereocenters. The molecule has 12 aromatic rings. The van der Waals surface area contributed by atoms with E-state index in [1.54, 1.807) is 0 Å². The monoisotopic (exact) mass is 792 g/mol. The summed E-state index contributed by atoms with van der Waals surface area (Å²) >= 11 is 0. The predicted molar refractivity (Wildman–Crippen MR) is 254 cm³/mol. The highest BCUT2D eigenvalue weighted by atomic mass is 16.3. The van der Waals surface area contributed by atoms with Crippen molar-refractivity contribution in [1.29, 1.82) is 0 Å². The van der Waals surface area contributed by atoms with Gasteiger partial charge < -0.3 is 8.98 Å². The second-order valence-corrected chi connectivity index (χ2v) is 15.6. The third kappa shape index (κ3) is 6.06. The standard InChI is InChI=1S/C57H36N4O/c1-4-16-37(17-5-1)40-22-14-23-41(34-40)44-33-31-43(36-50(44)57-59-55(38-18-6-2-7-19-38)58-56(60-57)39-20-8-3-9-21-39)61-51-28-12-10-24-46(51)47-32-30-42(35-52(47)61)45-26-15-27-49-48-25-11-13-29-53(48)62-54(45)49/h1-36H. The summed E-state index contributed by atoms with van der Waals surface area (Å²) in [6.07, 6.45) is 0. The van der Waals surface area contributed by atoms with Crippen molar-refractivity contribution in [3.63, 3.8) is 0 Å². The van der Waals surface area contributed by atoms with Crippen LogP contribution in [0.4, 0.5) is 0 Å². The summed E-state index contributed by atoms with van der Waals surface area (Å²) in [7, 11) is 0. The molecule has 5 nitrogen and oxygen atoms in total. The van der Waals surface area contributed by atoms with Crippen LogP contribution in [0.2, 0.25) is 0 Å². The van der Waals surface area contributed by atoms with E-state index in [0.29, 0.717) is 17.5 Å². The summed E-state index contributed by atoms with van der Waals surface area (Å²) in [5.74, 6) is 1.83. The van der Waals surface area contributed by atoms with E-state index in [2.05, 4.69) is 174 Å². The van der Waals surface area contributed by atoms with Gasteiger partial charge in [-0.15, -0.1) is 0 Å². The van der Waals surface area contributed by atoms with Gasteiger partial charge in [-0.25, -0.2) is 15.0 Å². The number of para-hydroxylation sites is 3. The predicted octanol–water partition coefficient (Wildman–Crippen LogP) is 14.9. The van der Waals surface area contributed by atoms with E-state index in [1.165, 1.54) is 10.8 Å². The van der Waals surface area contributed by atoms with Crippen molar-refractivity contribution in [2.24, 2.45) is 0 Å². The van der Waals surface area contributed by atoms with E-state index in [9.17, 15) is 0 Å². The lowest BCUT2D eigenvalue weighted by molar-refractivity contribution is 0.670. The van der Waals surface area contributed by atoms with E-state index in [0.717, 1.165) is 88.7 Å². The molecule has 0 radical (unpaired) electrons. The van der Waals surface area contributed by atoms with Crippen LogP contribution in [-0.2, 0) is 0 Å². The highest BCUT2D eigenvalue weighted by Gasteiger charge is 2.21. The highest BCUT2D eigenvalue weighted by molar-refractivity contribution is 6.13. The van der Waals surface area contributed by atoms with Crippen LogP contribution < -0.4 is 0 Å². The number of fused-ring (bicyclic) bond motifs is 6. The van der Waals surface area contributed by atoms with Gasteiger partial charge in [0.2, 0.25) is 0 Å². The van der Waals surface area contributed by atoms with E-state index in [1.807, 2.05) is 48.5 Å². The Balaban J connectivity index is 1.11. The zero-order chi connectivity index (χ0) is 41.0. The minimum Gasteiger partial charge on any atom is -0.455 e. The molecule has 3 heterocycles. The SMILES string of the molecule is c1ccc(-c2cccc(-c3ccc(-n4c5ccccc5c5ccc(-c6cccc7c6oc6ccccc67)cc54)cc3-c3nc(-c4ccccc4)nc(-c4ccccc4)n3)c2)cc1. The maximum absolute atomic E-state index is 6.54. The van der Waals surface area contributed by atoms with Gasteiger partial charge in [-0.1, -0.05) is 182 Å². The summed E-state index contributed by atoms with van der Waals surface area (Å²) in [5, 5.41) is 4.57. The Morgan fingerprint density at radius 3 is 1.63 bits per heavy atom. The Kier molecular flexibility index (Phi) is 8.42. The number of hydrogen-bond donors (Lipinski definition) is 0. The molecule has 0 aliphatic heterocycles. The molecule has 0 bridgehead atoms. The first-order valence-corrected chi connectivity index (χ1v) is 20.8. The summed E-state index contributed by atoms with van der Waals surface area (Å²) in [5.41, 5.74) is 14.2. The minimum atomic E-state index is 0.595. The van der Waals surface area contributed by atoms with Crippen LogP contribution in [0, 0.1) is 0 Å². The van der Waals surface area contributed by atoms with Gasteiger partial charge in [-0.05, 0) is 64.2 Å². The average Bonchev–Trinajstić information content (AvgIpc) is 3.90. The molecule has 0 N–H and O–H groups in total. The van der Waals surface area contributed by atoms with Gasteiger partial charge in [-0.2, -0.15) is 0 Å². The fraction of sp³-hybridized carbons (Fsp3) is 0. The zero-order valence-electron chi connectivity index (χ0n) is 33.5. The van der Waals surface area contributed by atoms with Crippen molar-refractivity contribution < 1.29 is 4.42 Å². The number of furan rings is 1. The zero-order valence-corrected chi connectivity index (χ0v) is 33.5. The van der Waals surface area contributed by atoms with Crippen molar-refractivity contribution in [2.75, 3.05) is 0 Å². The number of aromatic nitrogens is 4. The molecule has 5 heteroatoms. The van der Waals surface area contributed by atoms with Crippen LogP contribution in [0.1, 0.15) is 0 Å². The van der Waals surface area contributed by atoms with Crippen LogP contribution >= 0.6 is 0 Å². The summed E-state index contributed by atoms with van der Waals surface area (Å²) < 4.78 is 8.91. The lowest BCUT2D eigenvalue weighted by Gasteiger charge is -2.16. The van der Waals surface area contributed by atoms with Crippen molar-refractivity contribution >= 4 is 43.7 Å². The lowest BCUT2D eigenvalue weighted by Crippen LogP contribution is -2.02. The van der Waals surface area contributed by atoms with Crippen molar-refractivity contribution in [3.8, 4) is 73.2 Å². The summed E-state index contributed by atoms with van der Waals surface area (Å²) in [6.45, 7) is 0. The molecule has 0 aliphatic rings. The second-order valence-electron chi connectivity index (χ2n) is 15.6. The number of nitrogens with zero attached hydrogens (tertiary/aromatic N) is 4. The van der Waals surface area contributed by atoms with Crippen LogP contribution in [0.25, 0.3) is 117 Å². The van der Waals surface area contributed by atoms with Crippen LogP contribution in [0.5, 0.6) is 0 Å². The topological polar surface area (TPSA) is 56.7 Å². The van der Waals surface area contributed by atoms with Crippen LogP contribution in [0.3, 0.4) is 0 Å². The van der Waals surface area contributed by atoms with Crippen molar-refractivity contribution in [3.05, 3.63) is 218 Å². The molecule has 0 atom stereocenters. The average molecular weight is 793 g/mol. The van der Waals surface area contributed by atoms with E-state index in [-0.39, 0.29) is 0 Å². The number of benzene rings is 9. The molecule has 62 heavy (non-hydrogen) atoms. The maximum Gasteiger partial charge on any atom is 0.164 e. The molecule has 0 spiro atoms. The number of hydrogen-bond acceptors (Lipinski definition) is 4. The van der Waals surface area contributed by atoms with Crippen LogP contribution in [-0.4, -0.2) is 19.5 Å². The van der Waals surface area contributed by atoms with Crippen molar-refractivity contribution in [2.45, 2.75) is 0 Å². The van der Waals surface area contributed by atoms with Gasteiger partial charge in [-0.3, -0.25) is 0 Å². The molecule has 0 fully saturated rings. The van der Waals surface area contributed by atoms with E-state index >= 15 is 0 Å². The first-order valence-electron chi connectivity index (χ1n) is 20.8. The molecule has 0 saturated carbocycles. The second kappa shape index (κ2) is 14.7. The Hall–Kier alpha value is -8.41. The Morgan fingerprint density at radius 1 is 0.306 bits per heavy atom. The Morgan fingerprint density at radius 2 is 0.871 bits per heavy atom. The normalized spacial score (nSPS) is 11.5. The first-order chi connectivity index (χ1) is 30.7. The minimum absolute atomic E-state index is 0.595. The largest absolute Gasteiger partial charge is 0.455 e. The summed E-state index contributed by atoms with van der Waals surface area (Å²) in [4.78, 5) is 15.6. The number of rotatable bonds is 7. The molecule has 290 valence electrons. The molecular weight excluding hydrogens is 757 g/mol. The van der Waals surface area contributed by atoms with E-state index in [4.69, 9.17) is 19.4 Å².